The Morgan fingerprint density at radius 1 is 1.50 bits per heavy atom. The Morgan fingerprint density at radius 3 is 3.06 bits per heavy atom. The fraction of sp³-hybridized carbons (Fsp3) is 0.538. The lowest BCUT2D eigenvalue weighted by Crippen LogP contribution is -2.14. The minimum absolute atomic E-state index is 0.113. The highest BCUT2D eigenvalue weighted by atomic mass is 32.2. The molecule has 1 aromatic rings. The van der Waals surface area contributed by atoms with E-state index in [1.165, 1.54) is 18.0 Å². The van der Waals surface area contributed by atoms with Gasteiger partial charge >= 0.3 is 0 Å². The quantitative estimate of drug-likeness (QED) is 0.611. The number of aliphatic hydroxyl groups is 1. The largest absolute Gasteiger partial charge is 0.492 e. The van der Waals surface area contributed by atoms with Gasteiger partial charge in [0.1, 0.15) is 18.2 Å². The molecule has 0 fully saturated rings. The first-order valence-electron chi connectivity index (χ1n) is 6.05. The third-order valence-electron chi connectivity index (χ3n) is 3.14. The van der Waals surface area contributed by atoms with E-state index < -0.39 is 0 Å². The standard InChI is InChI=1S/C13H18FNO2S/c1-18-15-2-3-17-11-6-10-4-9(8-16)5-12(10)13(14)7-11/h6-7,9,15-16H,2-5,8H2,1H3. The van der Waals surface area contributed by atoms with Crippen LogP contribution in [-0.2, 0) is 12.8 Å². The van der Waals surface area contributed by atoms with E-state index in [4.69, 9.17) is 9.84 Å². The molecule has 0 heterocycles. The van der Waals surface area contributed by atoms with Gasteiger partial charge in [-0.15, -0.1) is 0 Å². The second-order valence-corrected chi connectivity index (χ2v) is 5.14. The van der Waals surface area contributed by atoms with E-state index in [0.717, 1.165) is 24.1 Å². The number of ether oxygens (including phenoxy) is 1. The molecule has 0 aromatic heterocycles. The third-order valence-corrected chi connectivity index (χ3v) is 3.63. The Kier molecular flexibility index (Phi) is 4.86. The van der Waals surface area contributed by atoms with Crippen molar-refractivity contribution in [2.45, 2.75) is 12.8 Å². The van der Waals surface area contributed by atoms with Crippen molar-refractivity contribution < 1.29 is 14.2 Å². The lowest BCUT2D eigenvalue weighted by molar-refractivity contribution is 0.232. The first-order valence-corrected chi connectivity index (χ1v) is 7.28. The van der Waals surface area contributed by atoms with E-state index in [9.17, 15) is 4.39 Å². The number of hydrogen-bond donors (Lipinski definition) is 2. The predicted molar refractivity (Wildman–Crippen MR) is 71.4 cm³/mol. The van der Waals surface area contributed by atoms with Crippen LogP contribution in [0.3, 0.4) is 0 Å². The summed E-state index contributed by atoms with van der Waals surface area (Å²) in [5.74, 6) is 0.520. The van der Waals surface area contributed by atoms with Crippen LogP contribution in [0, 0.1) is 11.7 Å². The zero-order valence-electron chi connectivity index (χ0n) is 10.4. The van der Waals surface area contributed by atoms with Gasteiger partial charge in [-0.3, -0.25) is 4.72 Å². The van der Waals surface area contributed by atoms with Crippen LogP contribution in [0.15, 0.2) is 12.1 Å². The number of rotatable bonds is 6. The summed E-state index contributed by atoms with van der Waals surface area (Å²) in [6.07, 6.45) is 3.32. The Morgan fingerprint density at radius 2 is 2.33 bits per heavy atom. The highest BCUT2D eigenvalue weighted by molar-refractivity contribution is 7.96. The van der Waals surface area contributed by atoms with Crippen LogP contribution in [0.1, 0.15) is 11.1 Å². The summed E-state index contributed by atoms with van der Waals surface area (Å²) < 4.78 is 22.4. The van der Waals surface area contributed by atoms with Crippen LogP contribution >= 0.6 is 11.9 Å². The summed E-state index contributed by atoms with van der Waals surface area (Å²) in [7, 11) is 0. The fourth-order valence-corrected chi connectivity index (χ4v) is 2.56. The van der Waals surface area contributed by atoms with Gasteiger partial charge in [-0.05, 0) is 42.2 Å². The summed E-state index contributed by atoms with van der Waals surface area (Å²) >= 11 is 1.53. The van der Waals surface area contributed by atoms with Gasteiger partial charge in [-0.1, -0.05) is 11.9 Å². The molecule has 100 valence electrons. The minimum Gasteiger partial charge on any atom is -0.492 e. The molecule has 0 saturated carbocycles. The maximum Gasteiger partial charge on any atom is 0.130 e. The molecule has 2 N–H and O–H groups in total. The van der Waals surface area contributed by atoms with Crippen molar-refractivity contribution in [1.29, 1.82) is 0 Å². The molecule has 0 aliphatic heterocycles. The van der Waals surface area contributed by atoms with Gasteiger partial charge < -0.3 is 9.84 Å². The van der Waals surface area contributed by atoms with Gasteiger partial charge in [-0.2, -0.15) is 0 Å². The predicted octanol–water partition coefficient (Wildman–Crippen LogP) is 1.78. The van der Waals surface area contributed by atoms with E-state index in [1.54, 1.807) is 0 Å². The molecule has 1 aliphatic rings. The normalized spacial score (nSPS) is 17.8. The molecule has 2 rings (SSSR count). The monoisotopic (exact) mass is 271 g/mol. The van der Waals surface area contributed by atoms with Gasteiger partial charge in [0, 0.05) is 19.2 Å². The number of aliphatic hydroxyl groups excluding tert-OH is 1. The van der Waals surface area contributed by atoms with Crippen LogP contribution in [0.4, 0.5) is 4.39 Å². The van der Waals surface area contributed by atoms with E-state index >= 15 is 0 Å². The molecular weight excluding hydrogens is 253 g/mol. The smallest absolute Gasteiger partial charge is 0.130 e. The second-order valence-electron chi connectivity index (χ2n) is 4.45. The van der Waals surface area contributed by atoms with Crippen molar-refractivity contribution in [3.63, 3.8) is 0 Å². The molecule has 1 aliphatic carbocycles. The van der Waals surface area contributed by atoms with Crippen LogP contribution in [0.25, 0.3) is 0 Å². The molecule has 0 bridgehead atoms. The highest BCUT2D eigenvalue weighted by Gasteiger charge is 2.24. The number of fused-ring (bicyclic) bond motifs is 1. The molecule has 0 spiro atoms. The summed E-state index contributed by atoms with van der Waals surface area (Å²) in [6, 6.07) is 3.34. The van der Waals surface area contributed by atoms with Crippen molar-refractivity contribution in [3.05, 3.63) is 29.1 Å². The zero-order chi connectivity index (χ0) is 13.0. The molecule has 1 atom stereocenters. The number of hydrogen-bond acceptors (Lipinski definition) is 4. The third kappa shape index (κ3) is 3.16. The Bertz CT molecular complexity index is 414. The van der Waals surface area contributed by atoms with Crippen molar-refractivity contribution >= 4 is 11.9 Å². The van der Waals surface area contributed by atoms with Crippen molar-refractivity contribution in [2.24, 2.45) is 5.92 Å². The van der Waals surface area contributed by atoms with Gasteiger partial charge in [-0.25, -0.2) is 4.39 Å². The van der Waals surface area contributed by atoms with E-state index in [-0.39, 0.29) is 18.3 Å². The van der Waals surface area contributed by atoms with Crippen LogP contribution < -0.4 is 9.46 Å². The minimum atomic E-state index is -0.212. The Balaban J connectivity index is 2.00. The van der Waals surface area contributed by atoms with Crippen LogP contribution in [0.5, 0.6) is 5.75 Å². The maximum absolute atomic E-state index is 13.9. The molecule has 0 amide bonds. The summed E-state index contributed by atoms with van der Waals surface area (Å²) in [5.41, 5.74) is 1.71. The molecule has 5 heteroatoms. The van der Waals surface area contributed by atoms with Crippen LogP contribution in [-0.4, -0.2) is 31.1 Å². The second kappa shape index (κ2) is 6.41. The number of benzene rings is 1. The Hall–Kier alpha value is -0.780. The molecule has 1 aromatic carbocycles. The average Bonchev–Trinajstić information content (AvgIpc) is 2.78. The topological polar surface area (TPSA) is 41.5 Å². The van der Waals surface area contributed by atoms with Crippen molar-refractivity contribution in [3.8, 4) is 5.75 Å². The van der Waals surface area contributed by atoms with E-state index in [2.05, 4.69) is 4.72 Å². The van der Waals surface area contributed by atoms with E-state index in [0.29, 0.717) is 18.8 Å². The molecule has 18 heavy (non-hydrogen) atoms. The molecular formula is C13H18FNO2S. The SMILES string of the molecule is CSNCCOc1cc(F)c2c(c1)CC(CO)C2. The van der Waals surface area contributed by atoms with Crippen LogP contribution in [0.2, 0.25) is 0 Å². The van der Waals surface area contributed by atoms with E-state index in [1.807, 2.05) is 12.3 Å². The fourth-order valence-electron chi connectivity index (χ4n) is 2.27. The number of halogens is 1. The Labute approximate surface area is 111 Å². The lowest BCUT2D eigenvalue weighted by atomic mass is 10.1. The average molecular weight is 271 g/mol. The molecule has 0 radical (unpaired) electrons. The maximum atomic E-state index is 13.9. The zero-order valence-corrected chi connectivity index (χ0v) is 11.2. The van der Waals surface area contributed by atoms with Gasteiger partial charge in [0.2, 0.25) is 0 Å². The highest BCUT2D eigenvalue weighted by Crippen LogP contribution is 2.32. The lowest BCUT2D eigenvalue weighted by Gasteiger charge is -2.09. The van der Waals surface area contributed by atoms with Gasteiger partial charge in [0.25, 0.3) is 0 Å². The first kappa shape index (κ1) is 13.6. The molecule has 1 unspecified atom stereocenters. The summed E-state index contributed by atoms with van der Waals surface area (Å²) in [4.78, 5) is 0. The van der Waals surface area contributed by atoms with Crippen molar-refractivity contribution in [2.75, 3.05) is 26.0 Å². The number of nitrogens with one attached hydrogen (secondary N) is 1. The summed E-state index contributed by atoms with van der Waals surface area (Å²) in [6.45, 7) is 1.35. The van der Waals surface area contributed by atoms with Crippen molar-refractivity contribution in [1.82, 2.24) is 4.72 Å². The van der Waals surface area contributed by atoms with Gasteiger partial charge in [0.05, 0.1) is 0 Å². The molecule has 0 saturated heterocycles. The van der Waals surface area contributed by atoms with Gasteiger partial charge in [0.15, 0.2) is 0 Å². The molecule has 3 nitrogen and oxygen atoms in total. The first-order chi connectivity index (χ1) is 8.74. The summed E-state index contributed by atoms with van der Waals surface area (Å²) in [5, 5.41) is 9.13.